The van der Waals surface area contributed by atoms with Crippen LogP contribution in [0.5, 0.6) is 5.75 Å². The van der Waals surface area contributed by atoms with E-state index in [2.05, 4.69) is 51.8 Å². The molecule has 0 aromatic heterocycles. The molecule has 22 heavy (non-hydrogen) atoms. The van der Waals surface area contributed by atoms with Crippen LogP contribution in [0.3, 0.4) is 0 Å². The molecule has 0 saturated carbocycles. The minimum absolute atomic E-state index is 0.150. The molecule has 1 fully saturated rings. The van der Waals surface area contributed by atoms with Crippen molar-refractivity contribution < 1.29 is 4.74 Å². The van der Waals surface area contributed by atoms with Crippen molar-refractivity contribution in [2.24, 2.45) is 0 Å². The summed E-state index contributed by atoms with van der Waals surface area (Å²) < 4.78 is 6.40. The Labute approximate surface area is 154 Å². The molecule has 116 valence electrons. The van der Waals surface area contributed by atoms with Gasteiger partial charge in [-0.05, 0) is 24.1 Å². The average molecular weight is 448 g/mol. The number of ether oxygens (including phenoxy) is 1. The van der Waals surface area contributed by atoms with Gasteiger partial charge in [0.05, 0.1) is 9.07 Å². The second-order valence-electron chi connectivity index (χ2n) is 5.32. The summed E-state index contributed by atoms with van der Waals surface area (Å²) >= 11 is 14.7. The molecule has 1 aliphatic heterocycles. The molecule has 0 spiro atoms. The summed E-state index contributed by atoms with van der Waals surface area (Å²) in [6.45, 7) is 1.91. The Kier molecular flexibility index (Phi) is 5.50. The van der Waals surface area contributed by atoms with E-state index in [-0.39, 0.29) is 6.10 Å². The molecule has 0 N–H and O–H groups in total. The second kappa shape index (κ2) is 7.39. The first kappa shape index (κ1) is 16.4. The largest absolute Gasteiger partial charge is 0.487 e. The van der Waals surface area contributed by atoms with E-state index in [9.17, 15) is 0 Å². The topological polar surface area (TPSA) is 12.5 Å². The number of likely N-dealkylation sites (tertiary alicyclic amines) is 1. The summed E-state index contributed by atoms with van der Waals surface area (Å²) in [5.41, 5.74) is 1.32. The third-order valence-corrected chi connectivity index (χ3v) is 6.09. The maximum Gasteiger partial charge on any atom is 0.139 e. The summed E-state index contributed by atoms with van der Waals surface area (Å²) in [4.78, 5) is 2.43. The van der Waals surface area contributed by atoms with Crippen LogP contribution >= 0.6 is 45.8 Å². The van der Waals surface area contributed by atoms with Crippen LogP contribution < -0.4 is 4.74 Å². The Morgan fingerprint density at radius 3 is 2.64 bits per heavy atom. The van der Waals surface area contributed by atoms with Crippen molar-refractivity contribution in [2.75, 3.05) is 13.1 Å². The van der Waals surface area contributed by atoms with E-state index < -0.39 is 0 Å². The van der Waals surface area contributed by atoms with Crippen molar-refractivity contribution in [3.05, 3.63) is 64.1 Å². The molecule has 0 aliphatic carbocycles. The monoisotopic (exact) mass is 447 g/mol. The van der Waals surface area contributed by atoms with Gasteiger partial charge in [-0.3, -0.25) is 4.90 Å². The van der Waals surface area contributed by atoms with Crippen LogP contribution in [-0.2, 0) is 0 Å². The highest BCUT2D eigenvalue weighted by atomic mass is 127. The number of halogens is 3. The van der Waals surface area contributed by atoms with E-state index in [1.165, 1.54) is 5.56 Å². The van der Waals surface area contributed by atoms with E-state index in [1.54, 1.807) is 6.07 Å². The number of alkyl halides is 1. The van der Waals surface area contributed by atoms with Crippen LogP contribution in [0.25, 0.3) is 0 Å². The number of rotatable bonds is 4. The molecule has 2 atom stereocenters. The van der Waals surface area contributed by atoms with Crippen molar-refractivity contribution in [1.82, 2.24) is 4.90 Å². The van der Waals surface area contributed by atoms with Crippen LogP contribution in [0, 0.1) is 0 Å². The fraction of sp³-hybridized carbons (Fsp3) is 0.294. The van der Waals surface area contributed by atoms with E-state index in [0.29, 0.717) is 19.8 Å². The summed E-state index contributed by atoms with van der Waals surface area (Å²) in [5.74, 6) is 0.672. The minimum Gasteiger partial charge on any atom is -0.487 e. The van der Waals surface area contributed by atoms with Gasteiger partial charge >= 0.3 is 0 Å². The maximum atomic E-state index is 6.19. The highest BCUT2D eigenvalue weighted by Gasteiger charge is 2.29. The number of hydrogen-bond donors (Lipinski definition) is 0. The van der Waals surface area contributed by atoms with E-state index in [0.717, 1.165) is 19.5 Å². The lowest BCUT2D eigenvalue weighted by Crippen LogP contribution is -2.26. The van der Waals surface area contributed by atoms with E-state index in [4.69, 9.17) is 27.9 Å². The highest BCUT2D eigenvalue weighted by molar-refractivity contribution is 14.1. The number of benzene rings is 2. The van der Waals surface area contributed by atoms with Crippen molar-refractivity contribution in [1.29, 1.82) is 0 Å². The molecular formula is C17H16Cl2INO. The molecule has 2 aromatic carbocycles. The van der Waals surface area contributed by atoms with Crippen LogP contribution in [0.1, 0.15) is 16.0 Å². The van der Waals surface area contributed by atoms with Gasteiger partial charge in [0.15, 0.2) is 0 Å². The predicted molar refractivity (Wildman–Crippen MR) is 100 cm³/mol. The third-order valence-electron chi connectivity index (χ3n) is 3.78. The first-order chi connectivity index (χ1) is 10.6. The van der Waals surface area contributed by atoms with E-state index in [1.807, 2.05) is 18.2 Å². The fourth-order valence-electron chi connectivity index (χ4n) is 2.63. The first-order valence-corrected chi connectivity index (χ1v) is 9.19. The summed E-state index contributed by atoms with van der Waals surface area (Å²) in [6.07, 6.45) is 1.15. The Hall–Kier alpha value is -0.490. The quantitative estimate of drug-likeness (QED) is 0.344. The van der Waals surface area contributed by atoms with Crippen LogP contribution in [0.4, 0.5) is 0 Å². The predicted octanol–water partition coefficient (Wildman–Crippen LogP) is 5.58. The molecule has 0 radical (unpaired) electrons. The molecule has 0 amide bonds. The van der Waals surface area contributed by atoms with Gasteiger partial charge in [-0.15, -0.1) is 0 Å². The number of nitrogens with zero attached hydrogens (tertiary/aromatic N) is 1. The Balaban J connectivity index is 1.64. The minimum atomic E-state index is 0.150. The summed E-state index contributed by atoms with van der Waals surface area (Å²) in [5, 5.41) is 1.03. The molecule has 1 saturated heterocycles. The number of hydrogen-bond acceptors (Lipinski definition) is 2. The van der Waals surface area contributed by atoms with Crippen LogP contribution in [0.15, 0.2) is 48.5 Å². The molecule has 2 nitrogen and oxygen atoms in total. The van der Waals surface area contributed by atoms with Crippen LogP contribution in [-0.4, -0.2) is 24.1 Å². The SMILES string of the molecule is Clc1cccc(OC2CCN(C(I)c3ccccc3)C2)c1Cl. The highest BCUT2D eigenvalue weighted by Crippen LogP contribution is 2.35. The Bertz CT molecular complexity index is 638. The molecule has 2 unspecified atom stereocenters. The van der Waals surface area contributed by atoms with Gasteiger partial charge < -0.3 is 4.74 Å². The lowest BCUT2D eigenvalue weighted by Gasteiger charge is -2.23. The van der Waals surface area contributed by atoms with Gasteiger partial charge in [0.1, 0.15) is 16.9 Å². The third kappa shape index (κ3) is 3.70. The summed E-state index contributed by atoms with van der Waals surface area (Å²) in [7, 11) is 0. The van der Waals surface area contributed by atoms with E-state index >= 15 is 0 Å². The van der Waals surface area contributed by atoms with Crippen LogP contribution in [0.2, 0.25) is 10.0 Å². The second-order valence-corrected chi connectivity index (χ2v) is 7.29. The van der Waals surface area contributed by atoms with Crippen molar-refractivity contribution >= 4 is 45.8 Å². The van der Waals surface area contributed by atoms with Gasteiger partial charge in [0.25, 0.3) is 0 Å². The fourth-order valence-corrected chi connectivity index (χ4v) is 3.89. The Morgan fingerprint density at radius 1 is 1.09 bits per heavy atom. The van der Waals surface area contributed by atoms with Crippen molar-refractivity contribution in [3.8, 4) is 5.75 Å². The standard InChI is InChI=1S/C17H16Cl2INO/c18-14-7-4-8-15(16(14)19)22-13-9-10-21(11-13)17(20)12-5-2-1-3-6-12/h1-8,13,17H,9-11H2. The lowest BCUT2D eigenvalue weighted by molar-refractivity contribution is 0.199. The van der Waals surface area contributed by atoms with Gasteiger partial charge in [0.2, 0.25) is 0 Å². The molecule has 1 aliphatic rings. The molecule has 1 heterocycles. The van der Waals surface area contributed by atoms with Gasteiger partial charge in [-0.1, -0.05) is 82.2 Å². The van der Waals surface area contributed by atoms with Crippen molar-refractivity contribution in [3.63, 3.8) is 0 Å². The van der Waals surface area contributed by atoms with Gasteiger partial charge in [-0.25, -0.2) is 0 Å². The Morgan fingerprint density at radius 2 is 1.86 bits per heavy atom. The zero-order valence-corrected chi connectivity index (χ0v) is 15.6. The zero-order valence-electron chi connectivity index (χ0n) is 11.9. The van der Waals surface area contributed by atoms with Crippen molar-refractivity contribution in [2.45, 2.75) is 16.6 Å². The molecule has 3 rings (SSSR count). The molecule has 0 bridgehead atoms. The molecular weight excluding hydrogens is 432 g/mol. The average Bonchev–Trinajstić information content (AvgIpc) is 3.00. The lowest BCUT2D eigenvalue weighted by atomic mass is 10.2. The maximum absolute atomic E-state index is 6.19. The first-order valence-electron chi connectivity index (χ1n) is 7.19. The smallest absolute Gasteiger partial charge is 0.139 e. The normalized spacial score (nSPS) is 20.0. The van der Waals surface area contributed by atoms with Gasteiger partial charge in [0, 0.05) is 13.1 Å². The molecule has 5 heteroatoms. The van der Waals surface area contributed by atoms with Gasteiger partial charge in [-0.2, -0.15) is 0 Å². The summed E-state index contributed by atoms with van der Waals surface area (Å²) in [6, 6.07) is 16.0. The zero-order chi connectivity index (χ0) is 15.5. The molecule has 2 aromatic rings.